The number of carbonyl (C=O) groups is 2. The molecule has 0 spiro atoms. The summed E-state index contributed by atoms with van der Waals surface area (Å²) < 4.78 is 10.6. The van der Waals surface area contributed by atoms with E-state index >= 15 is 0 Å². The predicted octanol–water partition coefficient (Wildman–Crippen LogP) is 4.32. The number of rotatable bonds is 3. The highest BCUT2D eigenvalue weighted by Crippen LogP contribution is 2.36. The lowest BCUT2D eigenvalue weighted by Crippen LogP contribution is -2.44. The molecule has 2 atom stereocenters. The highest BCUT2D eigenvalue weighted by atomic mass is 16.7. The average molecular weight is 406 g/mol. The Balaban J connectivity index is 1.22. The maximum Gasteiger partial charge on any atom is 0.255 e. The summed E-state index contributed by atoms with van der Waals surface area (Å²) in [7, 11) is 0. The van der Waals surface area contributed by atoms with Gasteiger partial charge in [-0.15, -0.1) is 0 Å². The second-order valence-electron chi connectivity index (χ2n) is 8.44. The Labute approximate surface area is 176 Å². The monoisotopic (exact) mass is 406 g/mol. The van der Waals surface area contributed by atoms with Crippen LogP contribution in [0.4, 0.5) is 5.69 Å². The Hall–Kier alpha value is -3.02. The molecule has 2 amide bonds. The molecule has 0 aromatic heterocycles. The second kappa shape index (κ2) is 8.01. The number of ether oxygens (including phenoxy) is 2. The largest absolute Gasteiger partial charge is 0.454 e. The van der Waals surface area contributed by atoms with Crippen molar-refractivity contribution in [3.8, 4) is 11.5 Å². The molecule has 2 fully saturated rings. The van der Waals surface area contributed by atoms with Crippen molar-refractivity contribution in [1.82, 2.24) is 4.90 Å². The van der Waals surface area contributed by atoms with Gasteiger partial charge in [0.25, 0.3) is 11.8 Å². The molecule has 3 aliphatic rings. The lowest BCUT2D eigenvalue weighted by molar-refractivity contribution is 0.0521. The minimum atomic E-state index is -0.230. The molecule has 2 aromatic carbocycles. The molecule has 6 heteroatoms. The number of nitrogens with one attached hydrogen (secondary N) is 1. The van der Waals surface area contributed by atoms with Crippen LogP contribution in [0.5, 0.6) is 11.5 Å². The smallest absolute Gasteiger partial charge is 0.255 e. The third-order valence-corrected chi connectivity index (χ3v) is 6.60. The number of hydrogen-bond donors (Lipinski definition) is 1. The van der Waals surface area contributed by atoms with E-state index in [0.29, 0.717) is 34.2 Å². The van der Waals surface area contributed by atoms with Crippen molar-refractivity contribution in [2.45, 2.75) is 32.1 Å². The van der Waals surface area contributed by atoms with Crippen LogP contribution in [0.25, 0.3) is 0 Å². The molecular formula is C24H26N2O4. The molecule has 0 bridgehead atoms. The topological polar surface area (TPSA) is 67.9 Å². The number of hydrogen-bond acceptors (Lipinski definition) is 4. The third-order valence-electron chi connectivity index (χ3n) is 6.60. The van der Waals surface area contributed by atoms with Gasteiger partial charge in [-0.2, -0.15) is 0 Å². The van der Waals surface area contributed by atoms with Crippen LogP contribution in [-0.2, 0) is 0 Å². The number of nitrogens with zero attached hydrogens (tertiary/aromatic N) is 1. The van der Waals surface area contributed by atoms with Gasteiger partial charge in [0.2, 0.25) is 6.79 Å². The van der Waals surface area contributed by atoms with Crippen LogP contribution >= 0.6 is 0 Å². The maximum atomic E-state index is 13.0. The summed E-state index contributed by atoms with van der Waals surface area (Å²) in [5, 5.41) is 2.87. The van der Waals surface area contributed by atoms with E-state index < -0.39 is 0 Å². The normalized spacial score (nSPS) is 22.3. The summed E-state index contributed by atoms with van der Waals surface area (Å²) >= 11 is 0. The number of amides is 2. The third kappa shape index (κ3) is 3.74. The van der Waals surface area contributed by atoms with Crippen LogP contribution in [0.3, 0.4) is 0 Å². The Morgan fingerprint density at radius 1 is 0.867 bits per heavy atom. The molecule has 0 radical (unpaired) electrons. The molecule has 2 aliphatic heterocycles. The van der Waals surface area contributed by atoms with E-state index in [1.165, 1.54) is 25.7 Å². The van der Waals surface area contributed by atoms with E-state index in [9.17, 15) is 9.59 Å². The maximum absolute atomic E-state index is 13.0. The van der Waals surface area contributed by atoms with Gasteiger partial charge in [-0.05, 0) is 67.1 Å². The summed E-state index contributed by atoms with van der Waals surface area (Å²) in [6.45, 7) is 1.91. The Morgan fingerprint density at radius 3 is 2.43 bits per heavy atom. The number of benzene rings is 2. The summed E-state index contributed by atoms with van der Waals surface area (Å²) in [5.74, 6) is 2.55. The van der Waals surface area contributed by atoms with E-state index in [1.54, 1.807) is 42.5 Å². The second-order valence-corrected chi connectivity index (χ2v) is 8.44. The van der Waals surface area contributed by atoms with E-state index in [2.05, 4.69) is 5.32 Å². The fraction of sp³-hybridized carbons (Fsp3) is 0.417. The number of anilines is 1. The summed E-state index contributed by atoms with van der Waals surface area (Å²) in [6, 6.07) is 12.3. The van der Waals surface area contributed by atoms with Crippen LogP contribution < -0.4 is 14.8 Å². The van der Waals surface area contributed by atoms with Gasteiger partial charge in [0, 0.05) is 29.9 Å². The van der Waals surface area contributed by atoms with E-state index in [-0.39, 0.29) is 18.6 Å². The SMILES string of the molecule is O=C(Nc1ccc(C(=O)N2CCC3CCCCC3C2)cc1)c1ccc2c(c1)OCO2. The van der Waals surface area contributed by atoms with Crippen molar-refractivity contribution in [3.05, 3.63) is 53.6 Å². The molecule has 2 heterocycles. The lowest BCUT2D eigenvalue weighted by atomic mass is 9.75. The van der Waals surface area contributed by atoms with Gasteiger partial charge >= 0.3 is 0 Å². The molecule has 156 valence electrons. The Bertz CT molecular complexity index is 956. The minimum absolute atomic E-state index is 0.0904. The van der Waals surface area contributed by atoms with Crippen LogP contribution in [0.2, 0.25) is 0 Å². The quantitative estimate of drug-likeness (QED) is 0.824. The van der Waals surface area contributed by atoms with Crippen molar-refractivity contribution < 1.29 is 19.1 Å². The highest BCUT2D eigenvalue weighted by molar-refractivity contribution is 6.05. The van der Waals surface area contributed by atoms with Gasteiger partial charge in [-0.25, -0.2) is 0 Å². The molecule has 30 heavy (non-hydrogen) atoms. The summed E-state index contributed by atoms with van der Waals surface area (Å²) in [4.78, 5) is 27.5. The minimum Gasteiger partial charge on any atom is -0.454 e. The number of fused-ring (bicyclic) bond motifs is 2. The van der Waals surface area contributed by atoms with Crippen molar-refractivity contribution in [1.29, 1.82) is 0 Å². The molecule has 2 unspecified atom stereocenters. The zero-order valence-corrected chi connectivity index (χ0v) is 16.9. The van der Waals surface area contributed by atoms with Crippen molar-refractivity contribution >= 4 is 17.5 Å². The van der Waals surface area contributed by atoms with Crippen molar-refractivity contribution in [2.75, 3.05) is 25.2 Å². The standard InChI is InChI=1S/C24H26N2O4/c27-23(18-7-10-21-22(13-18)30-15-29-21)25-20-8-5-17(6-9-20)24(28)26-12-11-16-3-1-2-4-19(16)14-26/h5-10,13,16,19H,1-4,11-12,14-15H2,(H,25,27). The van der Waals surface area contributed by atoms with Crippen LogP contribution in [-0.4, -0.2) is 36.6 Å². The highest BCUT2D eigenvalue weighted by Gasteiger charge is 2.33. The van der Waals surface area contributed by atoms with Gasteiger partial charge in [0.15, 0.2) is 11.5 Å². The van der Waals surface area contributed by atoms with Crippen LogP contribution in [0.1, 0.15) is 52.8 Å². The van der Waals surface area contributed by atoms with Gasteiger partial charge < -0.3 is 19.7 Å². The number of likely N-dealkylation sites (tertiary alicyclic amines) is 1. The molecule has 5 rings (SSSR count). The lowest BCUT2D eigenvalue weighted by Gasteiger charge is -2.41. The molecule has 6 nitrogen and oxygen atoms in total. The molecule has 2 aromatic rings. The average Bonchev–Trinajstić information content (AvgIpc) is 3.27. The van der Waals surface area contributed by atoms with Crippen molar-refractivity contribution in [2.24, 2.45) is 11.8 Å². The first-order chi connectivity index (χ1) is 14.7. The Kier molecular flexibility index (Phi) is 5.07. The zero-order chi connectivity index (χ0) is 20.5. The molecule has 1 saturated carbocycles. The molecular weight excluding hydrogens is 380 g/mol. The van der Waals surface area contributed by atoms with Gasteiger partial charge in [-0.1, -0.05) is 19.3 Å². The molecule has 1 N–H and O–H groups in total. The van der Waals surface area contributed by atoms with E-state index in [1.807, 2.05) is 4.90 Å². The zero-order valence-electron chi connectivity index (χ0n) is 16.9. The number of piperidine rings is 1. The fourth-order valence-corrected chi connectivity index (χ4v) is 4.91. The van der Waals surface area contributed by atoms with Gasteiger partial charge in [0.05, 0.1) is 0 Å². The molecule has 1 aliphatic carbocycles. The van der Waals surface area contributed by atoms with Gasteiger partial charge in [0.1, 0.15) is 0 Å². The van der Waals surface area contributed by atoms with E-state index in [0.717, 1.165) is 25.4 Å². The van der Waals surface area contributed by atoms with Crippen LogP contribution in [0, 0.1) is 11.8 Å². The van der Waals surface area contributed by atoms with Crippen LogP contribution in [0.15, 0.2) is 42.5 Å². The van der Waals surface area contributed by atoms with E-state index in [4.69, 9.17) is 9.47 Å². The predicted molar refractivity (Wildman–Crippen MR) is 113 cm³/mol. The first-order valence-corrected chi connectivity index (χ1v) is 10.8. The first-order valence-electron chi connectivity index (χ1n) is 10.8. The van der Waals surface area contributed by atoms with Crippen molar-refractivity contribution in [3.63, 3.8) is 0 Å². The summed E-state index contributed by atoms with van der Waals surface area (Å²) in [6.07, 6.45) is 6.33. The fourth-order valence-electron chi connectivity index (χ4n) is 4.91. The molecule has 1 saturated heterocycles. The Morgan fingerprint density at radius 2 is 1.60 bits per heavy atom. The number of carbonyl (C=O) groups excluding carboxylic acids is 2. The van der Waals surface area contributed by atoms with Gasteiger partial charge in [-0.3, -0.25) is 9.59 Å². The first kappa shape index (κ1) is 19.0. The summed E-state index contributed by atoms with van der Waals surface area (Å²) in [5.41, 5.74) is 1.82.